The van der Waals surface area contributed by atoms with Crippen molar-refractivity contribution < 1.29 is 9.47 Å². The third-order valence-electron chi connectivity index (χ3n) is 4.23. The van der Waals surface area contributed by atoms with Gasteiger partial charge < -0.3 is 14.4 Å². The van der Waals surface area contributed by atoms with Crippen molar-refractivity contribution in [2.75, 3.05) is 33.4 Å². The molecule has 24 heavy (non-hydrogen) atoms. The van der Waals surface area contributed by atoms with Crippen LogP contribution in [0.15, 0.2) is 12.1 Å². The van der Waals surface area contributed by atoms with E-state index in [-0.39, 0.29) is 5.28 Å². The minimum absolute atomic E-state index is 0.119. The van der Waals surface area contributed by atoms with Gasteiger partial charge in [-0.1, -0.05) is 18.0 Å². The summed E-state index contributed by atoms with van der Waals surface area (Å²) in [6.07, 6.45) is 4.95. The number of aromatic nitrogens is 2. The number of fused-ring (bicyclic) bond motifs is 1. The van der Waals surface area contributed by atoms with E-state index in [1.54, 1.807) is 19.2 Å². The zero-order valence-corrected chi connectivity index (χ0v) is 15.2. The lowest BCUT2D eigenvalue weighted by atomic mass is 10.1. The molecule has 0 unspecified atom stereocenters. The third kappa shape index (κ3) is 4.21. The summed E-state index contributed by atoms with van der Waals surface area (Å²) >= 11 is 12.0. The van der Waals surface area contributed by atoms with Crippen LogP contribution in [0.2, 0.25) is 10.4 Å². The molecule has 0 spiro atoms. The maximum atomic E-state index is 6.12. The summed E-state index contributed by atoms with van der Waals surface area (Å²) in [4.78, 5) is 10.6. The van der Waals surface area contributed by atoms with E-state index in [0.29, 0.717) is 34.2 Å². The van der Waals surface area contributed by atoms with Crippen LogP contribution in [0.1, 0.15) is 25.7 Å². The van der Waals surface area contributed by atoms with Gasteiger partial charge in [-0.3, -0.25) is 0 Å². The minimum Gasteiger partial charge on any atom is -0.493 e. The van der Waals surface area contributed by atoms with Crippen molar-refractivity contribution in [3.8, 4) is 11.5 Å². The van der Waals surface area contributed by atoms with Gasteiger partial charge in [0.2, 0.25) is 5.28 Å². The van der Waals surface area contributed by atoms with E-state index < -0.39 is 0 Å². The van der Waals surface area contributed by atoms with Gasteiger partial charge in [0.25, 0.3) is 0 Å². The van der Waals surface area contributed by atoms with Crippen LogP contribution in [-0.4, -0.2) is 48.2 Å². The van der Waals surface area contributed by atoms with Crippen molar-refractivity contribution in [3.63, 3.8) is 0 Å². The summed E-state index contributed by atoms with van der Waals surface area (Å²) < 4.78 is 11.3. The van der Waals surface area contributed by atoms with E-state index in [9.17, 15) is 0 Å². The SMILES string of the molecule is COc1cc2c(Cl)nc(Cl)nc2cc1OCCCN1CCCCC1. The summed E-state index contributed by atoms with van der Waals surface area (Å²) in [7, 11) is 1.60. The third-order valence-corrected chi connectivity index (χ3v) is 4.69. The van der Waals surface area contributed by atoms with Gasteiger partial charge >= 0.3 is 0 Å². The molecular weight excluding hydrogens is 349 g/mol. The van der Waals surface area contributed by atoms with Gasteiger partial charge in [0, 0.05) is 18.0 Å². The van der Waals surface area contributed by atoms with Crippen LogP contribution >= 0.6 is 23.2 Å². The number of likely N-dealkylation sites (tertiary alicyclic amines) is 1. The largest absolute Gasteiger partial charge is 0.493 e. The average Bonchev–Trinajstić information content (AvgIpc) is 2.59. The van der Waals surface area contributed by atoms with E-state index in [2.05, 4.69) is 14.9 Å². The van der Waals surface area contributed by atoms with E-state index in [1.165, 1.54) is 32.4 Å². The number of hydrogen-bond acceptors (Lipinski definition) is 5. The van der Waals surface area contributed by atoms with Crippen molar-refractivity contribution in [1.29, 1.82) is 0 Å². The second-order valence-electron chi connectivity index (χ2n) is 5.91. The van der Waals surface area contributed by atoms with Crippen molar-refractivity contribution in [1.82, 2.24) is 14.9 Å². The second-order valence-corrected chi connectivity index (χ2v) is 6.60. The predicted octanol–water partition coefficient (Wildman–Crippen LogP) is 4.20. The molecule has 1 saturated heterocycles. The lowest BCUT2D eigenvalue weighted by Crippen LogP contribution is -2.31. The molecule has 0 aliphatic carbocycles. The number of halogens is 2. The molecule has 0 N–H and O–H groups in total. The van der Waals surface area contributed by atoms with Gasteiger partial charge in [0.1, 0.15) is 5.15 Å². The van der Waals surface area contributed by atoms with Crippen LogP contribution in [0.4, 0.5) is 0 Å². The Morgan fingerprint density at radius 3 is 2.62 bits per heavy atom. The van der Waals surface area contributed by atoms with Gasteiger partial charge in [0.05, 0.1) is 19.2 Å². The molecule has 1 aromatic carbocycles. The molecule has 130 valence electrons. The smallest absolute Gasteiger partial charge is 0.224 e. The Morgan fingerprint density at radius 1 is 1.08 bits per heavy atom. The molecule has 0 amide bonds. The van der Waals surface area contributed by atoms with Gasteiger partial charge in [-0.2, -0.15) is 0 Å². The first kappa shape index (κ1) is 17.5. The van der Waals surface area contributed by atoms with Gasteiger partial charge in [0.15, 0.2) is 11.5 Å². The van der Waals surface area contributed by atoms with Crippen molar-refractivity contribution >= 4 is 34.1 Å². The van der Waals surface area contributed by atoms with Crippen LogP contribution in [-0.2, 0) is 0 Å². The standard InChI is InChI=1S/C17H21Cl2N3O2/c1-23-14-10-12-13(20-17(19)21-16(12)18)11-15(14)24-9-5-8-22-6-3-2-4-7-22/h10-11H,2-9H2,1H3. The van der Waals surface area contributed by atoms with Gasteiger partial charge in [-0.05, 0) is 50.0 Å². The second kappa shape index (κ2) is 8.19. The van der Waals surface area contributed by atoms with E-state index in [4.69, 9.17) is 32.7 Å². The number of rotatable bonds is 6. The molecule has 1 aliphatic rings. The number of benzene rings is 1. The fraction of sp³-hybridized carbons (Fsp3) is 0.529. The quantitative estimate of drug-likeness (QED) is 0.433. The van der Waals surface area contributed by atoms with Gasteiger partial charge in [-0.25, -0.2) is 9.97 Å². The lowest BCUT2D eigenvalue weighted by Gasteiger charge is -2.26. The monoisotopic (exact) mass is 369 g/mol. The summed E-state index contributed by atoms with van der Waals surface area (Å²) in [6.45, 7) is 4.10. The van der Waals surface area contributed by atoms with Crippen molar-refractivity contribution in [2.45, 2.75) is 25.7 Å². The Labute approximate surface area is 151 Å². The van der Waals surface area contributed by atoms with E-state index in [0.717, 1.165) is 13.0 Å². The van der Waals surface area contributed by atoms with Crippen LogP contribution in [0, 0.1) is 0 Å². The fourth-order valence-corrected chi connectivity index (χ4v) is 3.45. The maximum absolute atomic E-state index is 6.12. The molecule has 1 aromatic heterocycles. The summed E-state index contributed by atoms with van der Waals surface area (Å²) in [5, 5.41) is 1.12. The molecule has 3 rings (SSSR count). The Bertz CT molecular complexity index is 706. The molecule has 2 heterocycles. The molecule has 5 nitrogen and oxygen atoms in total. The van der Waals surface area contributed by atoms with Crippen LogP contribution < -0.4 is 9.47 Å². The highest BCUT2D eigenvalue weighted by atomic mass is 35.5. The Balaban J connectivity index is 1.66. The molecule has 0 atom stereocenters. The van der Waals surface area contributed by atoms with Crippen LogP contribution in [0.3, 0.4) is 0 Å². The van der Waals surface area contributed by atoms with Crippen molar-refractivity contribution in [2.24, 2.45) is 0 Å². The molecule has 0 radical (unpaired) electrons. The topological polar surface area (TPSA) is 47.5 Å². The van der Waals surface area contributed by atoms with E-state index in [1.807, 2.05) is 0 Å². The molecule has 1 aliphatic heterocycles. The lowest BCUT2D eigenvalue weighted by molar-refractivity contribution is 0.203. The maximum Gasteiger partial charge on any atom is 0.224 e. The highest BCUT2D eigenvalue weighted by Gasteiger charge is 2.13. The molecule has 7 heteroatoms. The van der Waals surface area contributed by atoms with Crippen LogP contribution in [0.25, 0.3) is 10.9 Å². The van der Waals surface area contributed by atoms with Gasteiger partial charge in [-0.15, -0.1) is 0 Å². The minimum atomic E-state index is 0.119. The number of methoxy groups -OCH3 is 1. The molecule has 0 bridgehead atoms. The molecule has 0 saturated carbocycles. The first-order chi connectivity index (χ1) is 11.7. The number of piperidine rings is 1. The summed E-state index contributed by atoms with van der Waals surface area (Å²) in [5.74, 6) is 1.27. The van der Waals surface area contributed by atoms with E-state index >= 15 is 0 Å². The molecule has 1 fully saturated rings. The Hall–Kier alpha value is -1.30. The average molecular weight is 370 g/mol. The van der Waals surface area contributed by atoms with Crippen LogP contribution in [0.5, 0.6) is 11.5 Å². The first-order valence-corrected chi connectivity index (χ1v) is 8.99. The predicted molar refractivity (Wildman–Crippen MR) is 96.5 cm³/mol. The number of nitrogens with zero attached hydrogens (tertiary/aromatic N) is 3. The normalized spacial score (nSPS) is 15.6. The Morgan fingerprint density at radius 2 is 1.88 bits per heavy atom. The number of hydrogen-bond donors (Lipinski definition) is 0. The molecular formula is C17H21Cl2N3O2. The highest BCUT2D eigenvalue weighted by molar-refractivity contribution is 6.35. The zero-order valence-electron chi connectivity index (χ0n) is 13.7. The highest BCUT2D eigenvalue weighted by Crippen LogP contribution is 2.34. The van der Waals surface area contributed by atoms with Crippen molar-refractivity contribution in [3.05, 3.63) is 22.6 Å². The summed E-state index contributed by atoms with van der Waals surface area (Å²) in [6, 6.07) is 3.59. The Kier molecular flexibility index (Phi) is 5.98. The first-order valence-electron chi connectivity index (χ1n) is 8.23. The molecule has 2 aromatic rings. The fourth-order valence-electron chi connectivity index (χ4n) is 3.00. The number of ether oxygens (including phenoxy) is 2. The summed E-state index contributed by atoms with van der Waals surface area (Å²) in [5.41, 5.74) is 0.645. The zero-order chi connectivity index (χ0) is 16.9.